The topological polar surface area (TPSA) is 110 Å². The molecule has 2 rings (SSSR count). The van der Waals surface area contributed by atoms with E-state index in [2.05, 4.69) is 14.5 Å². The standard InChI is InChI=1S/C15H23N5O3S2/c1-19(2)10-14-17-12-6-3-4-7-13(12)20(14)11-24-9-5-8-15(21)18-25(16,22)23/h3-4,6-7H,5,8-11H2,1-2H3,(H,18,21)(H2,16,22,23). The number of imidazole rings is 1. The molecule has 3 N–H and O–H groups in total. The Labute approximate surface area is 152 Å². The summed E-state index contributed by atoms with van der Waals surface area (Å²) in [5.74, 6) is 1.86. The van der Waals surface area contributed by atoms with Crippen molar-refractivity contribution >= 4 is 38.9 Å². The van der Waals surface area contributed by atoms with Crippen LogP contribution in [-0.2, 0) is 27.4 Å². The minimum absolute atomic E-state index is 0.124. The van der Waals surface area contributed by atoms with Crippen LogP contribution >= 0.6 is 11.8 Å². The quantitative estimate of drug-likeness (QED) is 0.620. The fourth-order valence-electron chi connectivity index (χ4n) is 2.37. The molecule has 0 aliphatic heterocycles. The average Bonchev–Trinajstić information content (AvgIpc) is 2.82. The third-order valence-electron chi connectivity index (χ3n) is 3.36. The number of hydrogen-bond acceptors (Lipinski definition) is 6. The van der Waals surface area contributed by atoms with Crippen molar-refractivity contribution in [1.29, 1.82) is 0 Å². The molecule has 0 spiro atoms. The molecule has 0 saturated carbocycles. The maximum atomic E-state index is 11.4. The number of benzene rings is 1. The number of carbonyl (C=O) groups is 1. The molecule has 2 aromatic rings. The lowest BCUT2D eigenvalue weighted by Crippen LogP contribution is -2.35. The van der Waals surface area contributed by atoms with Gasteiger partial charge in [0.05, 0.1) is 23.5 Å². The van der Waals surface area contributed by atoms with E-state index in [9.17, 15) is 13.2 Å². The molecule has 138 valence electrons. The minimum Gasteiger partial charge on any atom is -0.317 e. The molecule has 8 nitrogen and oxygen atoms in total. The van der Waals surface area contributed by atoms with Crippen molar-refractivity contribution < 1.29 is 13.2 Å². The van der Waals surface area contributed by atoms with Gasteiger partial charge in [0, 0.05) is 6.42 Å². The molecule has 0 atom stereocenters. The first-order valence-corrected chi connectivity index (χ1v) is 10.5. The number of rotatable bonds is 9. The number of carbonyl (C=O) groups excluding carboxylic acids is 1. The lowest BCUT2D eigenvalue weighted by Gasteiger charge is -2.12. The van der Waals surface area contributed by atoms with E-state index in [1.165, 1.54) is 0 Å². The maximum absolute atomic E-state index is 11.4. The number of hydrogen-bond donors (Lipinski definition) is 2. The van der Waals surface area contributed by atoms with E-state index in [1.807, 2.05) is 38.4 Å². The first-order chi connectivity index (χ1) is 11.8. The second kappa shape index (κ2) is 8.65. The summed E-state index contributed by atoms with van der Waals surface area (Å²) in [5.41, 5.74) is 2.05. The van der Waals surface area contributed by atoms with Crippen LogP contribution in [-0.4, -0.2) is 48.6 Å². The first kappa shape index (κ1) is 19.7. The number of nitrogens with one attached hydrogen (secondary N) is 1. The summed E-state index contributed by atoms with van der Waals surface area (Å²) in [6.45, 7) is 0.742. The molecule has 0 aliphatic rings. The maximum Gasteiger partial charge on any atom is 0.298 e. The number of aromatic nitrogens is 2. The van der Waals surface area contributed by atoms with Gasteiger partial charge in [-0.05, 0) is 38.4 Å². The minimum atomic E-state index is -3.97. The molecule has 0 bridgehead atoms. The molecule has 25 heavy (non-hydrogen) atoms. The summed E-state index contributed by atoms with van der Waals surface area (Å²) in [4.78, 5) is 18.2. The van der Waals surface area contributed by atoms with Crippen molar-refractivity contribution in [3.63, 3.8) is 0 Å². The smallest absolute Gasteiger partial charge is 0.298 e. The average molecular weight is 386 g/mol. The Morgan fingerprint density at radius 1 is 1.36 bits per heavy atom. The van der Waals surface area contributed by atoms with Crippen LogP contribution in [0.15, 0.2) is 24.3 Å². The number of para-hydroxylation sites is 2. The number of fused-ring (bicyclic) bond motifs is 1. The second-order valence-corrected chi connectivity index (χ2v) is 8.26. The zero-order valence-electron chi connectivity index (χ0n) is 14.3. The first-order valence-electron chi connectivity index (χ1n) is 7.76. The zero-order valence-corrected chi connectivity index (χ0v) is 15.9. The van der Waals surface area contributed by atoms with Crippen LogP contribution in [0.1, 0.15) is 18.7 Å². The van der Waals surface area contributed by atoms with Crippen molar-refractivity contribution in [3.05, 3.63) is 30.1 Å². The van der Waals surface area contributed by atoms with Crippen LogP contribution in [0.5, 0.6) is 0 Å². The van der Waals surface area contributed by atoms with Gasteiger partial charge < -0.3 is 9.47 Å². The summed E-state index contributed by atoms with van der Waals surface area (Å²) in [7, 11) is 0.0355. The Hall–Kier alpha value is -1.62. The van der Waals surface area contributed by atoms with E-state index in [-0.39, 0.29) is 6.42 Å². The highest BCUT2D eigenvalue weighted by molar-refractivity contribution is 7.98. The van der Waals surface area contributed by atoms with Crippen molar-refractivity contribution in [1.82, 2.24) is 19.2 Å². The Morgan fingerprint density at radius 2 is 2.08 bits per heavy atom. The van der Waals surface area contributed by atoms with E-state index in [0.29, 0.717) is 6.42 Å². The van der Waals surface area contributed by atoms with Crippen LogP contribution in [0, 0.1) is 0 Å². The molecular formula is C15H23N5O3S2. The Balaban J connectivity index is 1.91. The number of nitrogens with zero attached hydrogens (tertiary/aromatic N) is 3. The van der Waals surface area contributed by atoms with E-state index >= 15 is 0 Å². The van der Waals surface area contributed by atoms with Gasteiger partial charge in [-0.2, -0.15) is 8.42 Å². The van der Waals surface area contributed by atoms with Gasteiger partial charge >= 0.3 is 0 Å². The van der Waals surface area contributed by atoms with E-state index in [0.717, 1.165) is 35.0 Å². The van der Waals surface area contributed by atoms with E-state index in [4.69, 9.17) is 5.14 Å². The summed E-state index contributed by atoms with van der Waals surface area (Å²) in [6.07, 6.45) is 0.695. The highest BCUT2D eigenvalue weighted by Crippen LogP contribution is 2.20. The molecule has 1 aromatic heterocycles. The Kier molecular flexibility index (Phi) is 6.82. The third kappa shape index (κ3) is 6.31. The van der Waals surface area contributed by atoms with Gasteiger partial charge in [-0.25, -0.2) is 14.8 Å². The van der Waals surface area contributed by atoms with Gasteiger partial charge in [0.15, 0.2) is 0 Å². The van der Waals surface area contributed by atoms with E-state index < -0.39 is 16.1 Å². The normalized spacial score (nSPS) is 12.0. The highest BCUT2D eigenvalue weighted by Gasteiger charge is 2.12. The monoisotopic (exact) mass is 385 g/mol. The molecule has 10 heteroatoms. The summed E-state index contributed by atoms with van der Waals surface area (Å²) in [5, 5.41) is 4.76. The second-order valence-electron chi connectivity index (χ2n) is 5.89. The molecule has 1 amide bonds. The fraction of sp³-hybridized carbons (Fsp3) is 0.467. The van der Waals surface area contributed by atoms with Crippen molar-refractivity contribution in [2.75, 3.05) is 19.8 Å². The van der Waals surface area contributed by atoms with Crippen molar-refractivity contribution in [2.45, 2.75) is 25.3 Å². The van der Waals surface area contributed by atoms with Gasteiger partial charge in [-0.1, -0.05) is 12.1 Å². The van der Waals surface area contributed by atoms with Crippen LogP contribution in [0.4, 0.5) is 0 Å². The molecule has 0 unspecified atom stereocenters. The number of nitrogens with two attached hydrogens (primary N) is 1. The molecular weight excluding hydrogens is 362 g/mol. The molecule has 0 saturated heterocycles. The lowest BCUT2D eigenvalue weighted by molar-refractivity contribution is -0.119. The van der Waals surface area contributed by atoms with Crippen molar-refractivity contribution in [3.8, 4) is 0 Å². The molecule has 0 radical (unpaired) electrons. The third-order valence-corrected chi connectivity index (χ3v) is 4.89. The van der Waals surface area contributed by atoms with Gasteiger partial charge in [0.1, 0.15) is 5.82 Å². The Bertz CT molecular complexity index is 833. The molecule has 0 fully saturated rings. The van der Waals surface area contributed by atoms with Gasteiger partial charge in [0.2, 0.25) is 5.91 Å². The zero-order chi connectivity index (χ0) is 18.4. The summed E-state index contributed by atoms with van der Waals surface area (Å²) >= 11 is 1.67. The lowest BCUT2D eigenvalue weighted by atomic mass is 10.3. The highest BCUT2D eigenvalue weighted by atomic mass is 32.2. The SMILES string of the molecule is CN(C)Cc1nc2ccccc2n1CSCCCC(=O)NS(N)(=O)=O. The van der Waals surface area contributed by atoms with E-state index in [1.54, 1.807) is 16.5 Å². The summed E-state index contributed by atoms with van der Waals surface area (Å²) < 4.78 is 25.5. The summed E-state index contributed by atoms with van der Waals surface area (Å²) in [6, 6.07) is 7.99. The van der Waals surface area contributed by atoms with Crippen LogP contribution in [0.3, 0.4) is 0 Å². The fourth-order valence-corrected chi connectivity index (χ4v) is 3.74. The molecule has 0 aliphatic carbocycles. The number of amides is 1. The van der Waals surface area contributed by atoms with Gasteiger partial charge in [-0.15, -0.1) is 11.8 Å². The van der Waals surface area contributed by atoms with Gasteiger partial charge in [-0.3, -0.25) is 4.79 Å². The largest absolute Gasteiger partial charge is 0.317 e. The van der Waals surface area contributed by atoms with Crippen LogP contribution in [0.2, 0.25) is 0 Å². The van der Waals surface area contributed by atoms with Crippen molar-refractivity contribution in [2.24, 2.45) is 5.14 Å². The predicted octanol–water partition coefficient (Wildman–Crippen LogP) is 0.889. The number of thioether (sulfide) groups is 1. The predicted molar refractivity (Wildman–Crippen MR) is 100 cm³/mol. The van der Waals surface area contributed by atoms with Crippen LogP contribution in [0.25, 0.3) is 11.0 Å². The molecule has 1 aromatic carbocycles. The van der Waals surface area contributed by atoms with Crippen LogP contribution < -0.4 is 9.86 Å². The molecule has 1 heterocycles. The Morgan fingerprint density at radius 3 is 2.76 bits per heavy atom. The van der Waals surface area contributed by atoms with Gasteiger partial charge in [0.25, 0.3) is 10.2 Å².